The van der Waals surface area contributed by atoms with E-state index in [-0.39, 0.29) is 16.7 Å². The normalized spacial score (nSPS) is 11.1. The summed E-state index contributed by atoms with van der Waals surface area (Å²) in [5, 5.41) is 4.56. The molecule has 1 N–H and O–H groups in total. The lowest BCUT2D eigenvalue weighted by Crippen LogP contribution is -2.30. The largest absolute Gasteiger partial charge is 0.484 e. The van der Waals surface area contributed by atoms with Crippen LogP contribution in [0.2, 0.25) is 0 Å². The standard InChI is InChI=1S/C22H24N2O4S2/c1-24(30(26,27)22-10-6-16-29-22)19-11-13-20(14-12-19)28-17-21(25)23-15-5-9-18-7-3-2-4-8-18/h2-4,6-8,10-14,16H,5,9,15,17H2,1H3,(H,23,25). The van der Waals surface area contributed by atoms with Gasteiger partial charge in [-0.3, -0.25) is 9.10 Å². The van der Waals surface area contributed by atoms with Crippen LogP contribution in [0.3, 0.4) is 0 Å². The van der Waals surface area contributed by atoms with Crippen molar-refractivity contribution in [2.45, 2.75) is 17.1 Å². The Hall–Kier alpha value is -2.84. The molecule has 3 rings (SSSR count). The van der Waals surface area contributed by atoms with E-state index in [9.17, 15) is 13.2 Å². The molecule has 0 saturated heterocycles. The van der Waals surface area contributed by atoms with E-state index < -0.39 is 10.0 Å². The Bertz CT molecular complexity index is 1030. The maximum absolute atomic E-state index is 12.6. The minimum absolute atomic E-state index is 0.0893. The maximum Gasteiger partial charge on any atom is 0.273 e. The molecule has 1 aromatic heterocycles. The van der Waals surface area contributed by atoms with E-state index in [1.165, 1.54) is 28.3 Å². The van der Waals surface area contributed by atoms with Gasteiger partial charge in [0, 0.05) is 13.6 Å². The number of amides is 1. The number of benzene rings is 2. The number of anilines is 1. The van der Waals surface area contributed by atoms with Gasteiger partial charge in [-0.05, 0) is 54.1 Å². The van der Waals surface area contributed by atoms with Crippen molar-refractivity contribution >= 4 is 33.0 Å². The number of hydrogen-bond donors (Lipinski definition) is 1. The number of thiophene rings is 1. The summed E-state index contributed by atoms with van der Waals surface area (Å²) in [4.78, 5) is 11.9. The average molecular weight is 445 g/mol. The molecule has 30 heavy (non-hydrogen) atoms. The van der Waals surface area contributed by atoms with Gasteiger partial charge in [0.15, 0.2) is 6.61 Å². The highest BCUT2D eigenvalue weighted by Gasteiger charge is 2.22. The Kier molecular flexibility index (Phi) is 7.48. The Morgan fingerprint density at radius 2 is 1.77 bits per heavy atom. The molecule has 0 spiro atoms. The third-order valence-electron chi connectivity index (χ3n) is 4.49. The highest BCUT2D eigenvalue weighted by Crippen LogP contribution is 2.26. The van der Waals surface area contributed by atoms with Crippen molar-refractivity contribution in [1.82, 2.24) is 5.32 Å². The summed E-state index contributed by atoms with van der Waals surface area (Å²) in [6, 6.07) is 20.0. The molecule has 6 nitrogen and oxygen atoms in total. The summed E-state index contributed by atoms with van der Waals surface area (Å²) in [6.45, 7) is 0.495. The first-order valence-corrected chi connectivity index (χ1v) is 11.8. The molecule has 0 aliphatic heterocycles. The number of ether oxygens (including phenoxy) is 1. The third kappa shape index (κ3) is 5.84. The Morgan fingerprint density at radius 3 is 2.43 bits per heavy atom. The Labute approximate surface area is 181 Å². The van der Waals surface area contributed by atoms with E-state index in [2.05, 4.69) is 17.4 Å². The summed E-state index contributed by atoms with van der Waals surface area (Å²) < 4.78 is 32.1. The highest BCUT2D eigenvalue weighted by molar-refractivity contribution is 7.94. The summed E-state index contributed by atoms with van der Waals surface area (Å²) in [5.41, 5.74) is 1.76. The lowest BCUT2D eigenvalue weighted by Gasteiger charge is -2.18. The quantitative estimate of drug-likeness (QED) is 0.484. The lowest BCUT2D eigenvalue weighted by molar-refractivity contribution is -0.123. The number of rotatable bonds is 10. The van der Waals surface area contributed by atoms with Gasteiger partial charge < -0.3 is 10.1 Å². The van der Waals surface area contributed by atoms with Gasteiger partial charge in [0.1, 0.15) is 9.96 Å². The van der Waals surface area contributed by atoms with Crippen LogP contribution in [-0.4, -0.2) is 34.5 Å². The van der Waals surface area contributed by atoms with E-state index in [0.717, 1.165) is 12.8 Å². The first-order valence-electron chi connectivity index (χ1n) is 9.53. The van der Waals surface area contributed by atoms with Gasteiger partial charge in [0.05, 0.1) is 5.69 Å². The molecule has 1 amide bonds. The van der Waals surface area contributed by atoms with Crippen LogP contribution in [0, 0.1) is 0 Å². The number of nitrogens with one attached hydrogen (secondary N) is 1. The SMILES string of the molecule is CN(c1ccc(OCC(=O)NCCCc2ccccc2)cc1)S(=O)(=O)c1cccs1. The first kappa shape index (κ1) is 21.9. The summed E-state index contributed by atoms with van der Waals surface area (Å²) in [7, 11) is -2.07. The fraction of sp³-hybridized carbons (Fsp3) is 0.227. The van der Waals surface area contributed by atoms with E-state index in [0.29, 0.717) is 18.0 Å². The molecule has 0 atom stereocenters. The smallest absolute Gasteiger partial charge is 0.273 e. The molecule has 0 unspecified atom stereocenters. The van der Waals surface area contributed by atoms with Crippen molar-refractivity contribution < 1.29 is 17.9 Å². The van der Waals surface area contributed by atoms with Gasteiger partial charge in [0.2, 0.25) is 0 Å². The van der Waals surface area contributed by atoms with Crippen LogP contribution in [0.5, 0.6) is 5.75 Å². The van der Waals surface area contributed by atoms with E-state index in [1.54, 1.807) is 41.8 Å². The second-order valence-electron chi connectivity index (χ2n) is 6.63. The van der Waals surface area contributed by atoms with Gasteiger partial charge in [-0.15, -0.1) is 11.3 Å². The molecular weight excluding hydrogens is 420 g/mol. The van der Waals surface area contributed by atoms with Crippen molar-refractivity contribution in [2.75, 3.05) is 24.5 Å². The summed E-state index contributed by atoms with van der Waals surface area (Å²) >= 11 is 1.18. The van der Waals surface area contributed by atoms with E-state index in [4.69, 9.17) is 4.74 Å². The molecule has 2 aromatic carbocycles. The summed E-state index contributed by atoms with van der Waals surface area (Å²) in [6.07, 6.45) is 1.76. The number of aryl methyl sites for hydroxylation is 1. The molecule has 0 radical (unpaired) electrons. The monoisotopic (exact) mass is 444 g/mol. The van der Waals surface area contributed by atoms with Gasteiger partial charge in [-0.2, -0.15) is 0 Å². The molecule has 1 heterocycles. The molecule has 0 bridgehead atoms. The van der Waals surface area contributed by atoms with Crippen LogP contribution in [0.15, 0.2) is 76.3 Å². The minimum atomic E-state index is -3.57. The van der Waals surface area contributed by atoms with Crippen LogP contribution in [0.4, 0.5) is 5.69 Å². The first-order chi connectivity index (χ1) is 14.5. The second kappa shape index (κ2) is 10.3. The zero-order valence-electron chi connectivity index (χ0n) is 16.7. The van der Waals surface area contributed by atoms with Crippen LogP contribution in [0.1, 0.15) is 12.0 Å². The van der Waals surface area contributed by atoms with Crippen molar-refractivity contribution in [2.24, 2.45) is 0 Å². The predicted octanol–water partition coefficient (Wildman–Crippen LogP) is 3.70. The van der Waals surface area contributed by atoms with Crippen LogP contribution in [0.25, 0.3) is 0 Å². The Morgan fingerprint density at radius 1 is 1.03 bits per heavy atom. The zero-order chi connectivity index (χ0) is 21.4. The number of carbonyl (C=O) groups excluding carboxylic acids is 1. The summed E-state index contributed by atoms with van der Waals surface area (Å²) in [5.74, 6) is 0.310. The van der Waals surface area contributed by atoms with Crippen LogP contribution >= 0.6 is 11.3 Å². The Balaban J connectivity index is 1.43. The van der Waals surface area contributed by atoms with Crippen molar-refractivity contribution in [1.29, 1.82) is 0 Å². The lowest BCUT2D eigenvalue weighted by atomic mass is 10.1. The molecule has 0 saturated carbocycles. The van der Waals surface area contributed by atoms with Crippen LogP contribution in [-0.2, 0) is 21.2 Å². The topological polar surface area (TPSA) is 75.7 Å². The van der Waals surface area contributed by atoms with Gasteiger partial charge in [-0.1, -0.05) is 36.4 Å². The molecular formula is C22H24N2O4S2. The maximum atomic E-state index is 12.6. The van der Waals surface area contributed by atoms with Gasteiger partial charge >= 0.3 is 0 Å². The molecule has 0 aliphatic rings. The fourth-order valence-corrected chi connectivity index (χ4v) is 5.16. The number of sulfonamides is 1. The average Bonchev–Trinajstić information content (AvgIpc) is 3.32. The van der Waals surface area contributed by atoms with Gasteiger partial charge in [0.25, 0.3) is 15.9 Å². The molecule has 158 valence electrons. The van der Waals surface area contributed by atoms with E-state index in [1.807, 2.05) is 18.2 Å². The third-order valence-corrected chi connectivity index (χ3v) is 7.65. The number of nitrogens with zero attached hydrogens (tertiary/aromatic N) is 1. The number of hydrogen-bond acceptors (Lipinski definition) is 5. The molecule has 8 heteroatoms. The van der Waals surface area contributed by atoms with Crippen LogP contribution < -0.4 is 14.4 Å². The van der Waals surface area contributed by atoms with Gasteiger partial charge in [-0.25, -0.2) is 8.42 Å². The molecule has 0 fully saturated rings. The number of carbonyl (C=O) groups is 1. The molecule has 3 aromatic rings. The molecule has 0 aliphatic carbocycles. The highest BCUT2D eigenvalue weighted by atomic mass is 32.2. The zero-order valence-corrected chi connectivity index (χ0v) is 18.3. The van der Waals surface area contributed by atoms with E-state index >= 15 is 0 Å². The van der Waals surface area contributed by atoms with Crippen molar-refractivity contribution in [3.05, 3.63) is 77.7 Å². The fourth-order valence-electron chi connectivity index (χ4n) is 2.80. The second-order valence-corrected chi connectivity index (χ2v) is 9.77. The van der Waals surface area contributed by atoms with Crippen molar-refractivity contribution in [3.8, 4) is 5.75 Å². The predicted molar refractivity (Wildman–Crippen MR) is 120 cm³/mol. The van der Waals surface area contributed by atoms with Crippen molar-refractivity contribution in [3.63, 3.8) is 0 Å². The minimum Gasteiger partial charge on any atom is -0.484 e.